The van der Waals surface area contributed by atoms with E-state index in [9.17, 15) is 13.2 Å². The molecule has 1 aromatic rings. The fourth-order valence-corrected chi connectivity index (χ4v) is 1.56. The zero-order valence-electron chi connectivity index (χ0n) is 7.60. The number of thiol groups is 1. The van der Waals surface area contributed by atoms with Crippen LogP contribution < -0.4 is 0 Å². The Kier molecular flexibility index (Phi) is 3.64. The standard InChI is InChI=1S/C9H10O4S/c1-13-9(10)8-4-2-3-7(5-8)6-14(11)12/h2-5,14H,6H2,1H3. The van der Waals surface area contributed by atoms with Gasteiger partial charge < -0.3 is 4.74 Å². The SMILES string of the molecule is COC(=O)c1cccc(C[SH](=O)=O)c1. The summed E-state index contributed by atoms with van der Waals surface area (Å²) in [4.78, 5) is 11.1. The van der Waals surface area contributed by atoms with Gasteiger partial charge in [-0.1, -0.05) is 12.1 Å². The maximum absolute atomic E-state index is 11.1. The first-order valence-corrected chi connectivity index (χ1v) is 5.29. The molecule has 5 heteroatoms. The first-order valence-electron chi connectivity index (χ1n) is 3.92. The van der Waals surface area contributed by atoms with Crippen LogP contribution in [0.1, 0.15) is 15.9 Å². The number of hydrogen-bond donors (Lipinski definition) is 1. The zero-order chi connectivity index (χ0) is 10.6. The molecule has 14 heavy (non-hydrogen) atoms. The van der Waals surface area contributed by atoms with Crippen LogP contribution in [-0.2, 0) is 21.2 Å². The van der Waals surface area contributed by atoms with Crippen LogP contribution in [0, 0.1) is 0 Å². The molecule has 76 valence electrons. The molecule has 0 aromatic heterocycles. The van der Waals surface area contributed by atoms with Gasteiger partial charge in [-0.2, -0.15) is 0 Å². The highest BCUT2D eigenvalue weighted by Crippen LogP contribution is 2.07. The minimum atomic E-state index is -2.46. The summed E-state index contributed by atoms with van der Waals surface area (Å²) in [5.41, 5.74) is 0.950. The molecule has 0 aliphatic rings. The van der Waals surface area contributed by atoms with Crippen molar-refractivity contribution < 1.29 is 17.9 Å². The molecule has 0 aliphatic heterocycles. The second-order valence-electron chi connectivity index (χ2n) is 2.68. The lowest BCUT2D eigenvalue weighted by atomic mass is 10.1. The van der Waals surface area contributed by atoms with Crippen LogP contribution in [-0.4, -0.2) is 21.5 Å². The zero-order valence-corrected chi connectivity index (χ0v) is 8.49. The number of esters is 1. The van der Waals surface area contributed by atoms with E-state index in [1.807, 2.05) is 0 Å². The lowest BCUT2D eigenvalue weighted by molar-refractivity contribution is 0.0600. The van der Waals surface area contributed by atoms with Crippen LogP contribution >= 0.6 is 0 Å². The molecule has 4 nitrogen and oxygen atoms in total. The first kappa shape index (κ1) is 10.7. The van der Waals surface area contributed by atoms with E-state index in [-0.39, 0.29) is 5.75 Å². The van der Waals surface area contributed by atoms with E-state index in [2.05, 4.69) is 4.74 Å². The number of carbonyl (C=O) groups is 1. The predicted molar refractivity (Wildman–Crippen MR) is 51.8 cm³/mol. The molecule has 0 saturated heterocycles. The largest absolute Gasteiger partial charge is 0.465 e. The summed E-state index contributed by atoms with van der Waals surface area (Å²) in [5, 5.41) is 0. The van der Waals surface area contributed by atoms with Crippen LogP contribution in [0.15, 0.2) is 24.3 Å². The number of rotatable bonds is 3. The topological polar surface area (TPSA) is 60.4 Å². The number of hydrogen-bond acceptors (Lipinski definition) is 4. The monoisotopic (exact) mass is 214 g/mol. The minimum absolute atomic E-state index is 0.0554. The van der Waals surface area contributed by atoms with Gasteiger partial charge in [0.1, 0.15) is 10.7 Å². The van der Waals surface area contributed by atoms with Crippen LogP contribution in [0.5, 0.6) is 0 Å². The fraction of sp³-hybridized carbons (Fsp3) is 0.222. The maximum atomic E-state index is 11.1. The molecule has 0 atom stereocenters. The van der Waals surface area contributed by atoms with Crippen molar-refractivity contribution in [2.75, 3.05) is 7.11 Å². The Labute approximate surface area is 83.5 Å². The number of carbonyl (C=O) groups excluding carboxylic acids is 1. The van der Waals surface area contributed by atoms with Crippen molar-refractivity contribution >= 4 is 16.7 Å². The maximum Gasteiger partial charge on any atom is 0.337 e. The fourth-order valence-electron chi connectivity index (χ4n) is 1.06. The molecular weight excluding hydrogens is 204 g/mol. The van der Waals surface area contributed by atoms with Crippen LogP contribution in [0.25, 0.3) is 0 Å². The molecule has 0 fully saturated rings. The molecule has 1 aromatic carbocycles. The van der Waals surface area contributed by atoms with Crippen molar-refractivity contribution in [2.45, 2.75) is 5.75 Å². The summed E-state index contributed by atoms with van der Waals surface area (Å²) in [6.07, 6.45) is 0. The molecule has 0 amide bonds. The van der Waals surface area contributed by atoms with Gasteiger partial charge in [-0.3, -0.25) is 0 Å². The Balaban J connectivity index is 2.94. The van der Waals surface area contributed by atoms with Gasteiger partial charge in [0.2, 0.25) is 0 Å². The highest BCUT2D eigenvalue weighted by molar-refractivity contribution is 7.71. The van der Waals surface area contributed by atoms with Crippen molar-refractivity contribution in [1.29, 1.82) is 0 Å². The van der Waals surface area contributed by atoms with E-state index in [0.29, 0.717) is 11.1 Å². The normalized spacial score (nSPS) is 10.1. The molecule has 0 aliphatic carbocycles. The van der Waals surface area contributed by atoms with E-state index in [1.165, 1.54) is 13.2 Å². The van der Waals surface area contributed by atoms with Crippen molar-refractivity contribution in [1.82, 2.24) is 0 Å². The summed E-state index contributed by atoms with van der Waals surface area (Å²) >= 11 is 0. The van der Waals surface area contributed by atoms with Gasteiger partial charge in [0.15, 0.2) is 0 Å². The van der Waals surface area contributed by atoms with E-state index in [1.54, 1.807) is 18.2 Å². The molecule has 0 radical (unpaired) electrons. The van der Waals surface area contributed by atoms with Crippen molar-refractivity contribution in [3.63, 3.8) is 0 Å². The van der Waals surface area contributed by atoms with E-state index in [0.717, 1.165) is 0 Å². The summed E-state index contributed by atoms with van der Waals surface area (Å²) in [5.74, 6) is -0.520. The third-order valence-electron chi connectivity index (χ3n) is 1.66. The molecule has 0 heterocycles. The molecule has 0 spiro atoms. The smallest absolute Gasteiger partial charge is 0.337 e. The molecule has 0 bridgehead atoms. The Morgan fingerprint density at radius 3 is 2.71 bits per heavy atom. The van der Waals surface area contributed by atoms with E-state index < -0.39 is 16.7 Å². The Hall–Kier alpha value is -1.36. The lowest BCUT2D eigenvalue weighted by Crippen LogP contribution is -2.01. The van der Waals surface area contributed by atoms with Crippen molar-refractivity contribution in [3.8, 4) is 0 Å². The lowest BCUT2D eigenvalue weighted by Gasteiger charge is -2.00. The highest BCUT2D eigenvalue weighted by Gasteiger charge is 2.05. The number of methoxy groups -OCH3 is 1. The highest BCUT2D eigenvalue weighted by atomic mass is 32.2. The summed E-state index contributed by atoms with van der Waals surface area (Å²) < 4.78 is 25.4. The van der Waals surface area contributed by atoms with Gasteiger partial charge in [-0.15, -0.1) is 0 Å². The molecule has 0 saturated carbocycles. The van der Waals surface area contributed by atoms with Crippen molar-refractivity contribution in [3.05, 3.63) is 35.4 Å². The molecule has 0 unspecified atom stereocenters. The predicted octanol–water partition coefficient (Wildman–Crippen LogP) is 0.585. The average molecular weight is 214 g/mol. The van der Waals surface area contributed by atoms with Crippen molar-refractivity contribution in [2.24, 2.45) is 0 Å². The van der Waals surface area contributed by atoms with Crippen LogP contribution in [0.2, 0.25) is 0 Å². The van der Waals surface area contributed by atoms with Crippen LogP contribution in [0.4, 0.5) is 0 Å². The Bertz CT molecular complexity index is 401. The second-order valence-corrected chi connectivity index (χ2v) is 3.66. The third-order valence-corrected chi connectivity index (χ3v) is 2.28. The van der Waals surface area contributed by atoms with Crippen LogP contribution in [0.3, 0.4) is 0 Å². The van der Waals surface area contributed by atoms with Gasteiger partial charge in [0, 0.05) is 0 Å². The molecule has 0 N–H and O–H groups in total. The van der Waals surface area contributed by atoms with E-state index in [4.69, 9.17) is 0 Å². The Morgan fingerprint density at radius 1 is 1.43 bits per heavy atom. The first-order chi connectivity index (χ1) is 6.63. The summed E-state index contributed by atoms with van der Waals surface area (Å²) in [6, 6.07) is 6.36. The summed E-state index contributed by atoms with van der Waals surface area (Å²) in [6.45, 7) is 0. The van der Waals surface area contributed by atoms with Gasteiger partial charge >= 0.3 is 5.97 Å². The summed E-state index contributed by atoms with van der Waals surface area (Å²) in [7, 11) is -1.18. The Morgan fingerprint density at radius 2 is 2.14 bits per heavy atom. The quantitative estimate of drug-likeness (QED) is 0.590. The van der Waals surface area contributed by atoms with Gasteiger partial charge in [0.25, 0.3) is 0 Å². The molecule has 1 rings (SSSR count). The van der Waals surface area contributed by atoms with Gasteiger partial charge in [-0.05, 0) is 17.7 Å². The molecular formula is C9H10O4S. The van der Waals surface area contributed by atoms with Gasteiger partial charge in [-0.25, -0.2) is 13.2 Å². The minimum Gasteiger partial charge on any atom is -0.465 e. The van der Waals surface area contributed by atoms with E-state index >= 15 is 0 Å². The number of benzene rings is 1. The third kappa shape index (κ3) is 2.85. The number of ether oxygens (including phenoxy) is 1. The average Bonchev–Trinajstić information content (AvgIpc) is 2.16. The second kappa shape index (κ2) is 4.76. The van der Waals surface area contributed by atoms with Gasteiger partial charge in [0.05, 0.1) is 18.4 Å².